The molecule has 1 rings (SSSR count). The lowest BCUT2D eigenvalue weighted by molar-refractivity contribution is 0.0979. The van der Waals surface area contributed by atoms with Crippen LogP contribution in [0.1, 0.15) is 73.4 Å². The standard InChI is InChI=1S/C17H25FO/c1-4-5-6-7-8-9-10-16(19)15-11-13(2)17(18)14(3)12-15/h11-12H,4-10H2,1-3H3. The van der Waals surface area contributed by atoms with Crippen molar-refractivity contribution in [2.24, 2.45) is 0 Å². The molecule has 0 N–H and O–H groups in total. The van der Waals surface area contributed by atoms with Gasteiger partial charge in [-0.2, -0.15) is 0 Å². The van der Waals surface area contributed by atoms with Crippen molar-refractivity contribution in [3.8, 4) is 0 Å². The quantitative estimate of drug-likeness (QED) is 0.455. The Labute approximate surface area is 116 Å². The zero-order valence-corrected chi connectivity index (χ0v) is 12.4. The van der Waals surface area contributed by atoms with Gasteiger partial charge < -0.3 is 0 Å². The Morgan fingerprint density at radius 3 is 2.11 bits per heavy atom. The third-order valence-electron chi connectivity index (χ3n) is 3.52. The third kappa shape index (κ3) is 5.14. The predicted octanol–water partition coefficient (Wildman–Crippen LogP) is 5.38. The smallest absolute Gasteiger partial charge is 0.162 e. The van der Waals surface area contributed by atoms with Gasteiger partial charge in [-0.3, -0.25) is 4.79 Å². The molecule has 1 nitrogen and oxygen atoms in total. The van der Waals surface area contributed by atoms with Crippen LogP contribution in [0.2, 0.25) is 0 Å². The van der Waals surface area contributed by atoms with Gasteiger partial charge in [-0.15, -0.1) is 0 Å². The van der Waals surface area contributed by atoms with Crippen LogP contribution in [0.15, 0.2) is 12.1 Å². The van der Waals surface area contributed by atoms with Crippen molar-refractivity contribution < 1.29 is 9.18 Å². The van der Waals surface area contributed by atoms with E-state index >= 15 is 0 Å². The highest BCUT2D eigenvalue weighted by Gasteiger charge is 2.10. The van der Waals surface area contributed by atoms with E-state index in [2.05, 4.69) is 6.92 Å². The number of carbonyl (C=O) groups is 1. The summed E-state index contributed by atoms with van der Waals surface area (Å²) < 4.78 is 13.5. The predicted molar refractivity (Wildman–Crippen MR) is 78.2 cm³/mol. The van der Waals surface area contributed by atoms with Crippen LogP contribution in [0.4, 0.5) is 4.39 Å². The average molecular weight is 264 g/mol. The summed E-state index contributed by atoms with van der Waals surface area (Å²) in [5.74, 6) is -0.0576. The molecule has 0 saturated carbocycles. The summed E-state index contributed by atoms with van der Waals surface area (Å²) in [6.45, 7) is 5.62. The molecule has 1 aromatic carbocycles. The van der Waals surface area contributed by atoms with Crippen LogP contribution >= 0.6 is 0 Å². The summed E-state index contributed by atoms with van der Waals surface area (Å²) >= 11 is 0. The van der Waals surface area contributed by atoms with Crippen LogP contribution in [-0.2, 0) is 0 Å². The maximum atomic E-state index is 13.5. The molecular weight excluding hydrogens is 239 g/mol. The van der Waals surface area contributed by atoms with E-state index in [0.717, 1.165) is 12.8 Å². The van der Waals surface area contributed by atoms with Gasteiger partial charge in [-0.1, -0.05) is 39.0 Å². The average Bonchev–Trinajstić information content (AvgIpc) is 2.39. The fourth-order valence-corrected chi connectivity index (χ4v) is 2.32. The highest BCUT2D eigenvalue weighted by Crippen LogP contribution is 2.17. The molecule has 0 heterocycles. The minimum absolute atomic E-state index is 0.140. The Morgan fingerprint density at radius 2 is 1.53 bits per heavy atom. The van der Waals surface area contributed by atoms with Crippen molar-refractivity contribution >= 4 is 5.78 Å². The van der Waals surface area contributed by atoms with Gasteiger partial charge in [0.2, 0.25) is 0 Å². The molecule has 106 valence electrons. The summed E-state index contributed by atoms with van der Waals surface area (Å²) in [7, 11) is 0. The molecule has 0 atom stereocenters. The van der Waals surface area contributed by atoms with Gasteiger partial charge in [-0.05, 0) is 43.5 Å². The van der Waals surface area contributed by atoms with Gasteiger partial charge in [0.25, 0.3) is 0 Å². The largest absolute Gasteiger partial charge is 0.294 e. The highest BCUT2D eigenvalue weighted by molar-refractivity contribution is 5.96. The number of hydrogen-bond acceptors (Lipinski definition) is 1. The van der Waals surface area contributed by atoms with E-state index < -0.39 is 0 Å². The van der Waals surface area contributed by atoms with Crippen molar-refractivity contribution in [1.82, 2.24) is 0 Å². The number of benzene rings is 1. The van der Waals surface area contributed by atoms with Crippen LogP contribution in [0.3, 0.4) is 0 Å². The maximum absolute atomic E-state index is 13.5. The number of unbranched alkanes of at least 4 members (excludes halogenated alkanes) is 5. The lowest BCUT2D eigenvalue weighted by atomic mass is 9.99. The van der Waals surface area contributed by atoms with Gasteiger partial charge in [0.1, 0.15) is 5.82 Å². The Bertz CT molecular complexity index is 400. The number of hydrogen-bond donors (Lipinski definition) is 0. The molecule has 0 aromatic heterocycles. The third-order valence-corrected chi connectivity index (χ3v) is 3.52. The first-order valence-corrected chi connectivity index (χ1v) is 7.36. The number of ketones is 1. The summed E-state index contributed by atoms with van der Waals surface area (Å²) in [6, 6.07) is 3.34. The number of rotatable bonds is 8. The Hall–Kier alpha value is -1.18. The molecule has 0 radical (unpaired) electrons. The van der Waals surface area contributed by atoms with E-state index in [4.69, 9.17) is 0 Å². The van der Waals surface area contributed by atoms with Gasteiger partial charge in [0.05, 0.1) is 0 Å². The molecule has 0 amide bonds. The topological polar surface area (TPSA) is 17.1 Å². The molecule has 0 unspecified atom stereocenters. The molecule has 0 aliphatic rings. The maximum Gasteiger partial charge on any atom is 0.162 e. The molecule has 0 bridgehead atoms. The van der Waals surface area contributed by atoms with Crippen molar-refractivity contribution in [1.29, 1.82) is 0 Å². The van der Waals surface area contributed by atoms with E-state index in [9.17, 15) is 9.18 Å². The van der Waals surface area contributed by atoms with Crippen LogP contribution in [-0.4, -0.2) is 5.78 Å². The first kappa shape index (κ1) is 15.9. The fraction of sp³-hybridized carbons (Fsp3) is 0.588. The van der Waals surface area contributed by atoms with E-state index in [1.807, 2.05) is 0 Å². The van der Waals surface area contributed by atoms with E-state index in [0.29, 0.717) is 23.1 Å². The van der Waals surface area contributed by atoms with Crippen LogP contribution in [0, 0.1) is 19.7 Å². The molecular formula is C17H25FO. The Morgan fingerprint density at radius 1 is 1.00 bits per heavy atom. The molecule has 2 heteroatoms. The van der Waals surface area contributed by atoms with Crippen LogP contribution in [0.25, 0.3) is 0 Å². The molecule has 0 aliphatic heterocycles. The van der Waals surface area contributed by atoms with Crippen LogP contribution in [0.5, 0.6) is 0 Å². The monoisotopic (exact) mass is 264 g/mol. The molecule has 0 spiro atoms. The number of carbonyl (C=O) groups excluding carboxylic acids is 1. The second kappa shape index (κ2) is 8.08. The number of halogens is 1. The normalized spacial score (nSPS) is 10.7. The second-order valence-electron chi connectivity index (χ2n) is 5.36. The molecule has 1 aromatic rings. The summed E-state index contributed by atoms with van der Waals surface area (Å²) in [5, 5.41) is 0. The van der Waals surface area contributed by atoms with Crippen LogP contribution < -0.4 is 0 Å². The number of Topliss-reactive ketones (excluding diaryl/α,β-unsaturated/α-hetero) is 1. The molecule has 0 fully saturated rings. The van der Waals surface area contributed by atoms with Gasteiger partial charge in [-0.25, -0.2) is 4.39 Å². The molecule has 0 saturated heterocycles. The minimum Gasteiger partial charge on any atom is -0.294 e. The summed E-state index contributed by atoms with van der Waals surface area (Å²) in [6.07, 6.45) is 7.64. The lowest BCUT2D eigenvalue weighted by Crippen LogP contribution is -2.02. The summed E-state index contributed by atoms with van der Waals surface area (Å²) in [4.78, 5) is 12.0. The lowest BCUT2D eigenvalue weighted by Gasteiger charge is -2.06. The van der Waals surface area contributed by atoms with Gasteiger partial charge in [0, 0.05) is 12.0 Å². The minimum atomic E-state index is -0.198. The van der Waals surface area contributed by atoms with E-state index in [1.54, 1.807) is 26.0 Å². The zero-order valence-electron chi connectivity index (χ0n) is 12.4. The molecule has 19 heavy (non-hydrogen) atoms. The van der Waals surface area contributed by atoms with Gasteiger partial charge in [0.15, 0.2) is 5.78 Å². The second-order valence-corrected chi connectivity index (χ2v) is 5.36. The van der Waals surface area contributed by atoms with Crippen molar-refractivity contribution in [3.63, 3.8) is 0 Å². The SMILES string of the molecule is CCCCCCCCC(=O)c1cc(C)c(F)c(C)c1. The van der Waals surface area contributed by atoms with Crippen molar-refractivity contribution in [3.05, 3.63) is 34.6 Å². The Kier molecular flexibility index (Phi) is 6.75. The van der Waals surface area contributed by atoms with Gasteiger partial charge >= 0.3 is 0 Å². The van der Waals surface area contributed by atoms with E-state index in [1.165, 1.54) is 25.7 Å². The van der Waals surface area contributed by atoms with Crippen molar-refractivity contribution in [2.75, 3.05) is 0 Å². The summed E-state index contributed by atoms with van der Waals surface area (Å²) in [5.41, 5.74) is 1.78. The van der Waals surface area contributed by atoms with E-state index in [-0.39, 0.29) is 11.6 Å². The number of aryl methyl sites for hydroxylation is 2. The first-order valence-electron chi connectivity index (χ1n) is 7.36. The first-order chi connectivity index (χ1) is 9.06. The highest BCUT2D eigenvalue weighted by atomic mass is 19.1. The molecule has 0 aliphatic carbocycles. The zero-order chi connectivity index (χ0) is 14.3. The van der Waals surface area contributed by atoms with Crippen molar-refractivity contribution in [2.45, 2.75) is 65.7 Å². The fourth-order valence-electron chi connectivity index (χ4n) is 2.32. The Balaban J connectivity index is 2.42.